The Morgan fingerprint density at radius 1 is 0.429 bits per heavy atom. The molecule has 0 nitrogen and oxygen atoms in total. The number of allylic oxidation sites excluding steroid dienone is 4. The van der Waals surface area contributed by atoms with Crippen molar-refractivity contribution in [3.63, 3.8) is 0 Å². The summed E-state index contributed by atoms with van der Waals surface area (Å²) in [5, 5.41) is 0. The maximum absolute atomic E-state index is 2.64. The first-order chi connectivity index (χ1) is 27.5. The minimum atomic E-state index is -0.295. The number of hydrogen-bond acceptors (Lipinski definition) is 0. The van der Waals surface area contributed by atoms with Gasteiger partial charge in [0.1, 0.15) is 0 Å². The molecule has 5 unspecified atom stereocenters. The van der Waals surface area contributed by atoms with Crippen LogP contribution in [0, 0.1) is 40.4 Å². The molecule has 12 rings (SSSR count). The van der Waals surface area contributed by atoms with Crippen LogP contribution >= 0.6 is 0 Å². The normalized spacial score (nSPS) is 36.9. The molecule has 8 saturated carbocycles. The summed E-state index contributed by atoms with van der Waals surface area (Å²) in [6.45, 7) is 8.90. The molecule has 0 aliphatic heterocycles. The number of benzene rings is 4. The van der Waals surface area contributed by atoms with Gasteiger partial charge in [0, 0.05) is 10.8 Å². The van der Waals surface area contributed by atoms with Crippen molar-refractivity contribution in [3.8, 4) is 0 Å². The zero-order valence-corrected chi connectivity index (χ0v) is 34.4. The lowest BCUT2D eigenvalue weighted by atomic mass is 9.21. The molecular weight excluding hydrogens is 673 g/mol. The van der Waals surface area contributed by atoms with Crippen molar-refractivity contribution < 1.29 is 0 Å². The van der Waals surface area contributed by atoms with Crippen molar-refractivity contribution in [1.82, 2.24) is 0 Å². The molecule has 286 valence electrons. The van der Waals surface area contributed by atoms with Gasteiger partial charge < -0.3 is 0 Å². The van der Waals surface area contributed by atoms with E-state index in [4.69, 9.17) is 0 Å². The van der Waals surface area contributed by atoms with Crippen molar-refractivity contribution in [2.45, 2.75) is 109 Å². The van der Waals surface area contributed by atoms with Crippen molar-refractivity contribution in [2.24, 2.45) is 40.4 Å². The predicted octanol–water partition coefficient (Wildman–Crippen LogP) is 14.9. The fourth-order valence-electron chi connectivity index (χ4n) is 16.5. The Morgan fingerprint density at radius 2 is 0.875 bits per heavy atom. The lowest BCUT2D eigenvalue weighted by Crippen LogP contribution is -2.78. The lowest BCUT2D eigenvalue weighted by Gasteiger charge is -2.82. The lowest BCUT2D eigenvalue weighted by molar-refractivity contribution is -0.250. The topological polar surface area (TPSA) is 0 Å². The maximum atomic E-state index is 2.64. The molecule has 8 fully saturated rings. The zero-order valence-electron chi connectivity index (χ0n) is 34.4. The van der Waals surface area contributed by atoms with E-state index in [0.717, 1.165) is 17.8 Å². The maximum Gasteiger partial charge on any atom is 0.0379 e. The molecule has 4 aromatic carbocycles. The van der Waals surface area contributed by atoms with E-state index in [-0.39, 0.29) is 16.2 Å². The zero-order chi connectivity index (χ0) is 38.1. The van der Waals surface area contributed by atoms with Crippen LogP contribution in [0.15, 0.2) is 121 Å². The molecule has 8 bridgehead atoms. The third-order valence-corrected chi connectivity index (χ3v) is 16.8. The minimum Gasteiger partial charge on any atom is -0.0871 e. The fraction of sp³-hybridized carbons (Fsp3) is 0.429. The smallest absolute Gasteiger partial charge is 0.0379 e. The van der Waals surface area contributed by atoms with Crippen LogP contribution in [0.25, 0.3) is 24.3 Å². The van der Waals surface area contributed by atoms with E-state index < -0.39 is 0 Å². The Bertz CT molecular complexity index is 2150. The highest BCUT2D eigenvalue weighted by atomic mass is 14.8. The van der Waals surface area contributed by atoms with Crippen LogP contribution in [0.5, 0.6) is 0 Å². The van der Waals surface area contributed by atoms with Gasteiger partial charge >= 0.3 is 0 Å². The van der Waals surface area contributed by atoms with E-state index in [1.807, 2.05) is 0 Å². The third-order valence-electron chi connectivity index (χ3n) is 16.8. The van der Waals surface area contributed by atoms with Crippen LogP contribution in [0.1, 0.15) is 142 Å². The van der Waals surface area contributed by atoms with Gasteiger partial charge in [0.15, 0.2) is 0 Å². The van der Waals surface area contributed by atoms with Gasteiger partial charge in [0.2, 0.25) is 0 Å². The summed E-state index contributed by atoms with van der Waals surface area (Å²) in [4.78, 5) is 0. The van der Waals surface area contributed by atoms with Gasteiger partial charge in [-0.1, -0.05) is 146 Å². The molecule has 0 heteroatoms. The largest absolute Gasteiger partial charge is 0.0871 e. The molecule has 0 aromatic heterocycles. The first kappa shape index (κ1) is 36.2. The average Bonchev–Trinajstić information content (AvgIpc) is 3.19. The Balaban J connectivity index is 1.46. The van der Waals surface area contributed by atoms with E-state index in [9.17, 15) is 0 Å². The van der Waals surface area contributed by atoms with Crippen LogP contribution in [0.2, 0.25) is 0 Å². The van der Waals surface area contributed by atoms with Gasteiger partial charge in [-0.25, -0.2) is 0 Å². The number of hydrogen-bond donors (Lipinski definition) is 0. The molecule has 8 aliphatic carbocycles. The van der Waals surface area contributed by atoms with Crippen molar-refractivity contribution >= 4 is 24.3 Å². The van der Waals surface area contributed by atoms with Gasteiger partial charge in [-0.15, -0.1) is 0 Å². The third kappa shape index (κ3) is 4.83. The Labute approximate surface area is 337 Å². The fourth-order valence-corrected chi connectivity index (χ4v) is 16.5. The second kappa shape index (κ2) is 13.7. The van der Waals surface area contributed by atoms with E-state index >= 15 is 0 Å². The van der Waals surface area contributed by atoms with Crippen molar-refractivity contribution in [1.29, 1.82) is 0 Å². The molecule has 0 N–H and O–H groups in total. The van der Waals surface area contributed by atoms with Crippen molar-refractivity contribution in [3.05, 3.63) is 166 Å². The molecule has 0 heterocycles. The average molecular weight is 735 g/mol. The van der Waals surface area contributed by atoms with Gasteiger partial charge in [-0.05, 0) is 183 Å². The minimum absolute atomic E-state index is 0.103. The highest BCUT2D eigenvalue weighted by Crippen LogP contribution is 2.86. The molecule has 0 radical (unpaired) electrons. The van der Waals surface area contributed by atoms with Gasteiger partial charge in [0.05, 0.1) is 0 Å². The van der Waals surface area contributed by atoms with E-state index in [2.05, 4.69) is 173 Å². The van der Waals surface area contributed by atoms with Gasteiger partial charge in [0.25, 0.3) is 0 Å². The van der Waals surface area contributed by atoms with Gasteiger partial charge in [-0.2, -0.15) is 0 Å². The molecule has 5 atom stereocenters. The van der Waals surface area contributed by atoms with E-state index in [0.29, 0.717) is 23.2 Å². The molecule has 56 heavy (non-hydrogen) atoms. The second-order valence-electron chi connectivity index (χ2n) is 19.3. The summed E-state index contributed by atoms with van der Waals surface area (Å²) >= 11 is 0. The summed E-state index contributed by atoms with van der Waals surface area (Å²) in [6.07, 6.45) is 33.1. The molecule has 8 aliphatic rings. The molecule has 0 amide bonds. The predicted molar refractivity (Wildman–Crippen MR) is 238 cm³/mol. The second-order valence-corrected chi connectivity index (χ2v) is 19.3. The van der Waals surface area contributed by atoms with Crippen LogP contribution in [-0.4, -0.2) is 0 Å². The SMILES string of the molecule is CC=Cc1ccccc1C1C2CC3CC1(c1ccccc1C=CC)C(c1ccccc1C=CC)(c1ccccc1C=CC)C(C14CC5CC(CC(C5)C1)C4)(C3)C2. The highest BCUT2D eigenvalue weighted by molar-refractivity contribution is 5.72. The molecular formula is C56H62. The Morgan fingerprint density at radius 3 is 1.41 bits per heavy atom. The van der Waals surface area contributed by atoms with Crippen molar-refractivity contribution in [2.75, 3.05) is 0 Å². The molecule has 4 aromatic rings. The molecule has 0 saturated heterocycles. The summed E-state index contributed by atoms with van der Waals surface area (Å²) in [5.74, 6) is 4.36. The summed E-state index contributed by atoms with van der Waals surface area (Å²) in [6, 6.07) is 39.1. The molecule has 0 spiro atoms. The first-order valence-electron chi connectivity index (χ1n) is 22.4. The van der Waals surface area contributed by atoms with E-state index in [1.54, 1.807) is 22.3 Å². The number of rotatable bonds is 9. The summed E-state index contributed by atoms with van der Waals surface area (Å²) in [7, 11) is 0. The standard InChI is InChI=1S/C56H62/c1-5-17-43-21-9-13-25-48(43)52-47-32-42-36-54(38-47,53-33-39-29-40(34-53)31-41(30-39)35-53)56(50-27-15-11-23-45(50)19-7-3,51-28-16-12-24-46(51)20-8-4)55(52,37-42)49-26-14-10-22-44(49)18-6-2/h5-28,39-42,47,52H,29-38H2,1-4H3. The quantitative estimate of drug-likeness (QED) is 0.161. The van der Waals surface area contributed by atoms with Crippen LogP contribution in [-0.2, 0) is 10.8 Å². The summed E-state index contributed by atoms with van der Waals surface area (Å²) in [5.41, 5.74) is 11.9. The van der Waals surface area contributed by atoms with Crippen LogP contribution in [0.3, 0.4) is 0 Å². The highest BCUT2D eigenvalue weighted by Gasteiger charge is 2.82. The van der Waals surface area contributed by atoms with Gasteiger partial charge in [-0.3, -0.25) is 0 Å². The Kier molecular flexibility index (Phi) is 8.89. The monoisotopic (exact) mass is 734 g/mol. The first-order valence-corrected chi connectivity index (χ1v) is 22.4. The Hall–Kier alpha value is -4.16. The van der Waals surface area contributed by atoms with Crippen LogP contribution < -0.4 is 0 Å². The van der Waals surface area contributed by atoms with E-state index in [1.165, 1.54) is 86.5 Å². The van der Waals surface area contributed by atoms with Crippen LogP contribution in [0.4, 0.5) is 0 Å². The summed E-state index contributed by atoms with van der Waals surface area (Å²) < 4.78 is 0.